The fourth-order valence-corrected chi connectivity index (χ4v) is 7.25. The molecule has 0 saturated heterocycles. The third kappa shape index (κ3) is 41.9. The van der Waals surface area contributed by atoms with Crippen LogP contribution in [0.2, 0.25) is 0 Å². The molecule has 0 aliphatic rings. The van der Waals surface area contributed by atoms with Gasteiger partial charge in [0.15, 0.2) is 6.10 Å². The number of esters is 3. The molecule has 0 radical (unpaired) electrons. The predicted molar refractivity (Wildman–Crippen MR) is 233 cm³/mol. The molecule has 0 aromatic heterocycles. The Morgan fingerprint density at radius 3 is 1.04 bits per heavy atom. The van der Waals surface area contributed by atoms with Crippen LogP contribution in [0, 0.1) is 11.8 Å². The summed E-state index contributed by atoms with van der Waals surface area (Å²) < 4.78 is 16.7. The van der Waals surface area contributed by atoms with Gasteiger partial charge < -0.3 is 14.2 Å². The molecule has 326 valence electrons. The average Bonchev–Trinajstić information content (AvgIpc) is 3.17. The maximum atomic E-state index is 12.7. The summed E-state index contributed by atoms with van der Waals surface area (Å²) in [5.74, 6) is 0.833. The quantitative estimate of drug-likeness (QED) is 0.0348. The van der Waals surface area contributed by atoms with E-state index in [1.807, 2.05) is 0 Å². The van der Waals surface area contributed by atoms with E-state index >= 15 is 0 Å². The largest absolute Gasteiger partial charge is 0.462 e. The molecule has 55 heavy (non-hydrogen) atoms. The number of rotatable bonds is 43. The van der Waals surface area contributed by atoms with Crippen LogP contribution in [0.15, 0.2) is 0 Å². The Hall–Kier alpha value is -1.59. The van der Waals surface area contributed by atoms with E-state index in [1.165, 1.54) is 154 Å². The van der Waals surface area contributed by atoms with Crippen LogP contribution in [-0.2, 0) is 28.6 Å². The van der Waals surface area contributed by atoms with Gasteiger partial charge in [0.1, 0.15) is 13.2 Å². The molecule has 0 fully saturated rings. The second-order valence-corrected chi connectivity index (χ2v) is 17.5. The molecule has 0 aromatic rings. The molecule has 6 heteroatoms. The fraction of sp³-hybridized carbons (Fsp3) is 0.939. The van der Waals surface area contributed by atoms with Gasteiger partial charge >= 0.3 is 17.9 Å². The van der Waals surface area contributed by atoms with Crippen LogP contribution in [0.1, 0.15) is 266 Å². The van der Waals surface area contributed by atoms with Crippen molar-refractivity contribution in [2.24, 2.45) is 11.8 Å². The third-order valence-electron chi connectivity index (χ3n) is 11.3. The first-order valence-electron chi connectivity index (χ1n) is 24.3. The van der Waals surface area contributed by atoms with Crippen molar-refractivity contribution in [1.82, 2.24) is 0 Å². The molecule has 0 bridgehead atoms. The standard InChI is InChI=1S/C49H94O6/c1-6-8-9-10-22-29-34-39-47(50)53-42-46(55-49(52)41-36-31-26-21-20-24-28-33-38-45(5)7-2)43-54-48(51)40-35-30-25-19-17-15-13-11-12-14-16-18-23-27-32-37-44(3)4/h44-46H,6-43H2,1-5H3/t45?,46-/m1/s1. The zero-order chi connectivity index (χ0) is 40.5. The van der Waals surface area contributed by atoms with Gasteiger partial charge in [0.2, 0.25) is 0 Å². The molecular formula is C49H94O6. The Morgan fingerprint density at radius 2 is 0.691 bits per heavy atom. The number of ether oxygens (including phenoxy) is 3. The second kappa shape index (κ2) is 42.0. The van der Waals surface area contributed by atoms with Gasteiger partial charge in [-0.15, -0.1) is 0 Å². The summed E-state index contributed by atoms with van der Waals surface area (Å²) in [6, 6.07) is 0. The lowest BCUT2D eigenvalue weighted by molar-refractivity contribution is -0.167. The monoisotopic (exact) mass is 779 g/mol. The van der Waals surface area contributed by atoms with Gasteiger partial charge in [-0.3, -0.25) is 14.4 Å². The first-order valence-corrected chi connectivity index (χ1v) is 24.3. The smallest absolute Gasteiger partial charge is 0.306 e. The van der Waals surface area contributed by atoms with Crippen molar-refractivity contribution < 1.29 is 28.6 Å². The zero-order valence-corrected chi connectivity index (χ0v) is 37.6. The molecule has 0 spiro atoms. The Balaban J connectivity index is 4.20. The van der Waals surface area contributed by atoms with E-state index in [9.17, 15) is 14.4 Å². The van der Waals surface area contributed by atoms with E-state index in [0.717, 1.165) is 69.6 Å². The van der Waals surface area contributed by atoms with E-state index in [4.69, 9.17) is 14.2 Å². The molecule has 0 saturated carbocycles. The SMILES string of the molecule is CCCCCCCCCC(=O)OC[C@H](COC(=O)CCCCCCCCCCCCCCCCCC(C)C)OC(=O)CCCCCCCCCCC(C)CC. The lowest BCUT2D eigenvalue weighted by Crippen LogP contribution is -2.30. The van der Waals surface area contributed by atoms with Crippen LogP contribution in [-0.4, -0.2) is 37.2 Å². The van der Waals surface area contributed by atoms with E-state index in [0.29, 0.717) is 19.3 Å². The highest BCUT2D eigenvalue weighted by Gasteiger charge is 2.19. The highest BCUT2D eigenvalue weighted by Crippen LogP contribution is 2.17. The van der Waals surface area contributed by atoms with Gasteiger partial charge in [-0.25, -0.2) is 0 Å². The van der Waals surface area contributed by atoms with Crippen LogP contribution >= 0.6 is 0 Å². The molecule has 6 nitrogen and oxygen atoms in total. The van der Waals surface area contributed by atoms with Crippen LogP contribution in [0.3, 0.4) is 0 Å². The molecular weight excluding hydrogens is 685 g/mol. The summed E-state index contributed by atoms with van der Waals surface area (Å²) in [4.78, 5) is 37.7. The fourth-order valence-electron chi connectivity index (χ4n) is 7.25. The average molecular weight is 779 g/mol. The first kappa shape index (κ1) is 53.4. The van der Waals surface area contributed by atoms with Crippen molar-refractivity contribution in [3.05, 3.63) is 0 Å². The number of hydrogen-bond donors (Lipinski definition) is 0. The van der Waals surface area contributed by atoms with Crippen molar-refractivity contribution in [2.45, 2.75) is 272 Å². The van der Waals surface area contributed by atoms with E-state index in [1.54, 1.807) is 0 Å². The topological polar surface area (TPSA) is 78.9 Å². The van der Waals surface area contributed by atoms with Gasteiger partial charge in [-0.2, -0.15) is 0 Å². The van der Waals surface area contributed by atoms with Crippen molar-refractivity contribution in [2.75, 3.05) is 13.2 Å². The highest BCUT2D eigenvalue weighted by atomic mass is 16.6. The first-order chi connectivity index (χ1) is 26.8. The highest BCUT2D eigenvalue weighted by molar-refractivity contribution is 5.71. The van der Waals surface area contributed by atoms with E-state index < -0.39 is 6.10 Å². The number of carbonyl (C=O) groups is 3. The maximum absolute atomic E-state index is 12.7. The maximum Gasteiger partial charge on any atom is 0.306 e. The lowest BCUT2D eigenvalue weighted by atomic mass is 9.99. The number of unbranched alkanes of at least 4 members (excludes halogenated alkanes) is 27. The molecule has 0 heterocycles. The molecule has 0 rings (SSSR count). The summed E-state index contributed by atoms with van der Waals surface area (Å²) >= 11 is 0. The molecule has 0 aliphatic carbocycles. The number of carbonyl (C=O) groups excluding carboxylic acids is 3. The number of hydrogen-bond acceptors (Lipinski definition) is 6. The Morgan fingerprint density at radius 1 is 0.382 bits per heavy atom. The molecule has 0 aromatic carbocycles. The zero-order valence-electron chi connectivity index (χ0n) is 37.6. The normalized spacial score (nSPS) is 12.5. The van der Waals surface area contributed by atoms with Gasteiger partial charge in [0, 0.05) is 19.3 Å². The minimum absolute atomic E-state index is 0.0649. The summed E-state index contributed by atoms with van der Waals surface area (Å²) in [5, 5.41) is 0. The molecule has 0 amide bonds. The summed E-state index contributed by atoms with van der Waals surface area (Å²) in [6.07, 6.45) is 41.0. The molecule has 1 unspecified atom stereocenters. The summed E-state index contributed by atoms with van der Waals surface area (Å²) in [5.41, 5.74) is 0. The summed E-state index contributed by atoms with van der Waals surface area (Å²) in [6.45, 7) is 11.3. The van der Waals surface area contributed by atoms with Gasteiger partial charge in [0.05, 0.1) is 0 Å². The van der Waals surface area contributed by atoms with E-state index in [2.05, 4.69) is 34.6 Å². The molecule has 2 atom stereocenters. The predicted octanol–water partition coefficient (Wildman–Crippen LogP) is 15.4. The van der Waals surface area contributed by atoms with Gasteiger partial charge in [-0.05, 0) is 31.1 Å². The van der Waals surface area contributed by atoms with Crippen molar-refractivity contribution in [1.29, 1.82) is 0 Å². The minimum Gasteiger partial charge on any atom is -0.462 e. The second-order valence-electron chi connectivity index (χ2n) is 17.5. The lowest BCUT2D eigenvalue weighted by Gasteiger charge is -2.18. The molecule has 0 aliphatic heterocycles. The summed E-state index contributed by atoms with van der Waals surface area (Å²) in [7, 11) is 0. The third-order valence-corrected chi connectivity index (χ3v) is 11.3. The Bertz CT molecular complexity index is 841. The van der Waals surface area contributed by atoms with Gasteiger partial charge in [0.25, 0.3) is 0 Å². The Labute approximate surface area is 342 Å². The van der Waals surface area contributed by atoms with Crippen LogP contribution in [0.4, 0.5) is 0 Å². The van der Waals surface area contributed by atoms with E-state index in [-0.39, 0.29) is 31.1 Å². The van der Waals surface area contributed by atoms with Crippen molar-refractivity contribution in [3.63, 3.8) is 0 Å². The van der Waals surface area contributed by atoms with Crippen LogP contribution < -0.4 is 0 Å². The van der Waals surface area contributed by atoms with Crippen molar-refractivity contribution in [3.8, 4) is 0 Å². The van der Waals surface area contributed by atoms with Crippen LogP contribution in [0.25, 0.3) is 0 Å². The minimum atomic E-state index is -0.760. The van der Waals surface area contributed by atoms with Gasteiger partial charge in [-0.1, -0.05) is 227 Å². The van der Waals surface area contributed by atoms with Crippen molar-refractivity contribution >= 4 is 17.9 Å². The Kier molecular flexibility index (Phi) is 40.8. The molecule has 0 N–H and O–H groups in total. The van der Waals surface area contributed by atoms with Crippen LogP contribution in [0.5, 0.6) is 0 Å².